The fourth-order valence-corrected chi connectivity index (χ4v) is 3.78. The smallest absolute Gasteiger partial charge is 0.277 e. The molecular formula is C20H22N4O2S. The number of primary amides is 1. The molecule has 140 valence electrons. The van der Waals surface area contributed by atoms with E-state index in [4.69, 9.17) is 5.73 Å². The van der Waals surface area contributed by atoms with Gasteiger partial charge in [-0.2, -0.15) is 5.10 Å². The lowest BCUT2D eigenvalue weighted by molar-refractivity contribution is 0.0999. The highest BCUT2D eigenvalue weighted by Crippen LogP contribution is 2.30. The summed E-state index contributed by atoms with van der Waals surface area (Å²) in [5, 5.41) is 4.73. The summed E-state index contributed by atoms with van der Waals surface area (Å²) >= 11 is 1.23. The van der Waals surface area contributed by atoms with E-state index in [0.29, 0.717) is 12.1 Å². The quantitative estimate of drug-likeness (QED) is 0.679. The molecule has 0 saturated carbocycles. The van der Waals surface area contributed by atoms with Gasteiger partial charge in [-0.25, -0.2) is 9.67 Å². The van der Waals surface area contributed by atoms with Crippen molar-refractivity contribution in [1.82, 2.24) is 14.8 Å². The molecule has 0 aliphatic rings. The summed E-state index contributed by atoms with van der Waals surface area (Å²) in [7, 11) is 0. The molecule has 2 N–H and O–H groups in total. The highest BCUT2D eigenvalue weighted by atomic mass is 32.1. The molecule has 0 saturated heterocycles. The van der Waals surface area contributed by atoms with E-state index in [-0.39, 0.29) is 16.6 Å². The van der Waals surface area contributed by atoms with Gasteiger partial charge in [0.25, 0.3) is 11.5 Å². The first-order valence-electron chi connectivity index (χ1n) is 8.89. The largest absolute Gasteiger partial charge is 0.364 e. The first kappa shape index (κ1) is 19.0. The van der Waals surface area contributed by atoms with E-state index in [1.54, 1.807) is 6.07 Å². The van der Waals surface area contributed by atoms with Crippen LogP contribution >= 0.6 is 11.3 Å². The first-order valence-corrected chi connectivity index (χ1v) is 9.71. The first-order chi connectivity index (χ1) is 13.0. The maximum atomic E-state index is 12.0. The summed E-state index contributed by atoms with van der Waals surface area (Å²) in [6.45, 7) is 3.81. The van der Waals surface area contributed by atoms with Crippen molar-refractivity contribution in [3.8, 4) is 10.6 Å². The van der Waals surface area contributed by atoms with Gasteiger partial charge in [0.15, 0.2) is 5.01 Å². The second kappa shape index (κ2) is 8.26. The van der Waals surface area contributed by atoms with Gasteiger partial charge in [0.2, 0.25) is 0 Å². The Morgan fingerprint density at radius 3 is 2.56 bits per heavy atom. The Morgan fingerprint density at radius 1 is 1.15 bits per heavy atom. The van der Waals surface area contributed by atoms with Gasteiger partial charge in [0.05, 0.1) is 16.6 Å². The third-order valence-corrected chi connectivity index (χ3v) is 5.31. The number of hydrogen-bond acceptors (Lipinski definition) is 5. The number of aromatic nitrogens is 3. The Hall–Kier alpha value is -2.80. The molecule has 3 aromatic rings. The molecule has 0 radical (unpaired) electrons. The lowest BCUT2D eigenvalue weighted by Gasteiger charge is -2.09. The molecule has 2 aromatic heterocycles. The normalized spacial score (nSPS) is 11.1. The van der Waals surface area contributed by atoms with Crippen molar-refractivity contribution in [1.29, 1.82) is 0 Å². The van der Waals surface area contributed by atoms with Crippen LogP contribution in [0.5, 0.6) is 0 Å². The molecule has 3 rings (SSSR count). The van der Waals surface area contributed by atoms with Gasteiger partial charge in [-0.1, -0.05) is 30.3 Å². The Bertz CT molecular complexity index is 993. The van der Waals surface area contributed by atoms with Crippen LogP contribution in [0.15, 0.2) is 47.3 Å². The number of carbonyl (C=O) groups excluding carboxylic acids is 1. The zero-order valence-electron chi connectivity index (χ0n) is 15.4. The summed E-state index contributed by atoms with van der Waals surface area (Å²) in [6.07, 6.45) is 2.52. The minimum Gasteiger partial charge on any atom is -0.364 e. The van der Waals surface area contributed by atoms with Crippen LogP contribution in [-0.4, -0.2) is 20.7 Å². The zero-order valence-corrected chi connectivity index (χ0v) is 16.2. The van der Waals surface area contributed by atoms with E-state index < -0.39 is 5.91 Å². The van der Waals surface area contributed by atoms with E-state index in [9.17, 15) is 9.59 Å². The number of thiazole rings is 1. The van der Waals surface area contributed by atoms with Gasteiger partial charge < -0.3 is 5.73 Å². The number of hydrogen-bond donors (Lipinski definition) is 1. The second-order valence-corrected chi connectivity index (χ2v) is 7.59. The van der Waals surface area contributed by atoms with Crippen LogP contribution in [0.25, 0.3) is 10.6 Å². The molecule has 0 aliphatic heterocycles. The van der Waals surface area contributed by atoms with Gasteiger partial charge in [-0.05, 0) is 44.7 Å². The lowest BCUT2D eigenvalue weighted by atomic mass is 10.1. The van der Waals surface area contributed by atoms with Gasteiger partial charge in [-0.15, -0.1) is 11.3 Å². The summed E-state index contributed by atoms with van der Waals surface area (Å²) < 4.78 is 1.44. The summed E-state index contributed by atoms with van der Waals surface area (Å²) in [4.78, 5) is 28.8. The molecule has 2 heterocycles. The minimum absolute atomic E-state index is 0.0532. The molecule has 27 heavy (non-hydrogen) atoms. The van der Waals surface area contributed by atoms with Gasteiger partial charge in [0.1, 0.15) is 5.69 Å². The Labute approximate surface area is 161 Å². The molecular weight excluding hydrogens is 360 g/mol. The molecule has 0 atom stereocenters. The van der Waals surface area contributed by atoms with Crippen molar-refractivity contribution in [3.05, 3.63) is 69.1 Å². The maximum Gasteiger partial charge on any atom is 0.277 e. The number of carbonyl (C=O) groups is 1. The van der Waals surface area contributed by atoms with E-state index >= 15 is 0 Å². The maximum absolute atomic E-state index is 12.0. The number of nitrogens with two attached hydrogens (primary N) is 1. The highest BCUT2D eigenvalue weighted by Gasteiger charge is 2.18. The average molecular weight is 382 g/mol. The van der Waals surface area contributed by atoms with Crippen LogP contribution in [0.1, 0.15) is 47.4 Å². The number of nitrogens with zero attached hydrogens (tertiary/aromatic N) is 3. The Kier molecular flexibility index (Phi) is 5.81. The van der Waals surface area contributed by atoms with Gasteiger partial charge in [0, 0.05) is 6.07 Å². The molecule has 0 aliphatic carbocycles. The van der Waals surface area contributed by atoms with Gasteiger partial charge >= 0.3 is 0 Å². The SMILES string of the molecule is CC(C)n1nc(-c2sc(C(N)=O)nc2CCCc2ccccc2)ccc1=O. The zero-order chi connectivity index (χ0) is 19.4. The molecule has 0 fully saturated rings. The number of aryl methyl sites for hydroxylation is 2. The van der Waals surface area contributed by atoms with Crippen molar-refractivity contribution >= 4 is 17.2 Å². The van der Waals surface area contributed by atoms with Crippen LogP contribution in [-0.2, 0) is 12.8 Å². The molecule has 0 bridgehead atoms. The number of rotatable bonds is 7. The van der Waals surface area contributed by atoms with Crippen LogP contribution < -0.4 is 11.3 Å². The minimum atomic E-state index is -0.548. The van der Waals surface area contributed by atoms with Crippen molar-refractivity contribution in [3.63, 3.8) is 0 Å². The van der Waals surface area contributed by atoms with Crippen LogP contribution in [0.2, 0.25) is 0 Å². The van der Waals surface area contributed by atoms with Crippen LogP contribution in [0.4, 0.5) is 0 Å². The predicted molar refractivity (Wildman–Crippen MR) is 107 cm³/mol. The monoisotopic (exact) mass is 382 g/mol. The highest BCUT2D eigenvalue weighted by molar-refractivity contribution is 7.17. The molecule has 0 spiro atoms. The average Bonchev–Trinajstić information content (AvgIpc) is 3.07. The molecule has 7 heteroatoms. The number of amides is 1. The van der Waals surface area contributed by atoms with Crippen LogP contribution in [0, 0.1) is 0 Å². The van der Waals surface area contributed by atoms with Crippen molar-refractivity contribution in [2.24, 2.45) is 5.73 Å². The third kappa shape index (κ3) is 4.49. The fourth-order valence-electron chi connectivity index (χ4n) is 2.85. The third-order valence-electron chi connectivity index (χ3n) is 4.18. The summed E-state index contributed by atoms with van der Waals surface area (Å²) in [5.41, 5.74) is 7.97. The number of benzene rings is 1. The molecule has 1 amide bonds. The van der Waals surface area contributed by atoms with Crippen molar-refractivity contribution < 1.29 is 4.79 Å². The lowest BCUT2D eigenvalue weighted by Crippen LogP contribution is -2.23. The van der Waals surface area contributed by atoms with E-state index in [1.165, 1.54) is 27.6 Å². The topological polar surface area (TPSA) is 90.9 Å². The van der Waals surface area contributed by atoms with E-state index in [2.05, 4.69) is 22.2 Å². The van der Waals surface area contributed by atoms with Crippen LogP contribution in [0.3, 0.4) is 0 Å². The molecule has 0 unspecified atom stereocenters. The van der Waals surface area contributed by atoms with E-state index in [0.717, 1.165) is 23.4 Å². The van der Waals surface area contributed by atoms with Gasteiger partial charge in [-0.3, -0.25) is 9.59 Å². The standard InChI is InChI=1S/C20H22N4O2S/c1-13(2)24-17(25)12-11-16(23-24)18-15(22-20(27-18)19(21)26)10-6-9-14-7-4-3-5-8-14/h3-5,7-8,11-13H,6,9-10H2,1-2H3,(H2,21,26). The fraction of sp³-hybridized carbons (Fsp3) is 0.300. The van der Waals surface area contributed by atoms with Crippen molar-refractivity contribution in [2.75, 3.05) is 0 Å². The second-order valence-electron chi connectivity index (χ2n) is 6.59. The predicted octanol–water partition coefficient (Wildman–Crippen LogP) is 3.22. The van der Waals surface area contributed by atoms with E-state index in [1.807, 2.05) is 32.0 Å². The Morgan fingerprint density at radius 2 is 1.89 bits per heavy atom. The summed E-state index contributed by atoms with van der Waals surface area (Å²) in [6, 6.07) is 13.4. The van der Waals surface area contributed by atoms with Crippen molar-refractivity contribution in [2.45, 2.75) is 39.2 Å². The molecule has 6 nitrogen and oxygen atoms in total. The summed E-state index contributed by atoms with van der Waals surface area (Å²) in [5.74, 6) is -0.548. The molecule has 1 aromatic carbocycles. The Balaban J connectivity index is 1.89.